The number of anilines is 1. The van der Waals surface area contributed by atoms with E-state index in [1.807, 2.05) is 35.2 Å². The van der Waals surface area contributed by atoms with Gasteiger partial charge in [-0.15, -0.1) is 12.4 Å². The van der Waals surface area contributed by atoms with E-state index in [2.05, 4.69) is 36.1 Å². The number of carbonyl (C=O) groups excluding carboxylic acids is 1. The van der Waals surface area contributed by atoms with Crippen molar-refractivity contribution < 1.29 is 9.53 Å². The van der Waals surface area contributed by atoms with E-state index in [1.54, 1.807) is 0 Å². The van der Waals surface area contributed by atoms with Crippen LogP contribution >= 0.6 is 12.4 Å². The molecule has 0 saturated carbocycles. The van der Waals surface area contributed by atoms with Crippen molar-refractivity contribution in [3.8, 4) is 0 Å². The molecule has 2 aromatic rings. The molecule has 1 aliphatic heterocycles. The number of carbonyl (C=O) groups is 1. The number of morpholine rings is 1. The largest absolute Gasteiger partial charge is 0.379 e. The van der Waals surface area contributed by atoms with Crippen LogP contribution in [0.2, 0.25) is 0 Å². The highest BCUT2D eigenvalue weighted by atomic mass is 35.5. The minimum atomic E-state index is 0. The van der Waals surface area contributed by atoms with Gasteiger partial charge in [-0.2, -0.15) is 0 Å². The Balaban J connectivity index is 0.00000225. The van der Waals surface area contributed by atoms with Crippen molar-refractivity contribution in [1.29, 1.82) is 0 Å². The Hall–Kier alpha value is -1.88. The molecule has 0 aromatic heterocycles. The van der Waals surface area contributed by atoms with E-state index < -0.39 is 0 Å². The van der Waals surface area contributed by atoms with Crippen molar-refractivity contribution in [3.05, 3.63) is 65.7 Å². The van der Waals surface area contributed by atoms with Gasteiger partial charge in [-0.05, 0) is 24.6 Å². The summed E-state index contributed by atoms with van der Waals surface area (Å²) >= 11 is 0. The molecule has 0 unspecified atom stereocenters. The van der Waals surface area contributed by atoms with Crippen molar-refractivity contribution in [2.45, 2.75) is 13.5 Å². The molecule has 134 valence electrons. The van der Waals surface area contributed by atoms with Crippen LogP contribution < -0.4 is 4.90 Å². The Morgan fingerprint density at radius 1 is 1.04 bits per heavy atom. The topological polar surface area (TPSA) is 32.8 Å². The standard InChI is InChI=1S/C20H24N2O2.ClH/c1-17-7-9-19(10-8-17)22(15-18-5-3-2-4-6-18)20(23)16-21-11-13-24-14-12-21;/h2-10H,11-16H2,1H3;1H. The molecule has 5 heteroatoms. The number of rotatable bonds is 5. The zero-order valence-electron chi connectivity index (χ0n) is 14.6. The van der Waals surface area contributed by atoms with Gasteiger partial charge in [-0.25, -0.2) is 0 Å². The maximum Gasteiger partial charge on any atom is 0.241 e. The molecule has 3 rings (SSSR count). The second-order valence-corrected chi connectivity index (χ2v) is 6.19. The third-order valence-corrected chi connectivity index (χ3v) is 4.29. The zero-order valence-corrected chi connectivity index (χ0v) is 15.4. The molecule has 1 heterocycles. The number of hydrogen-bond acceptors (Lipinski definition) is 3. The van der Waals surface area contributed by atoms with Crippen molar-refractivity contribution >= 4 is 24.0 Å². The Labute approximate surface area is 155 Å². The van der Waals surface area contributed by atoms with E-state index in [9.17, 15) is 4.79 Å². The maximum absolute atomic E-state index is 12.9. The first-order valence-corrected chi connectivity index (χ1v) is 8.43. The number of hydrogen-bond donors (Lipinski definition) is 0. The van der Waals surface area contributed by atoms with Gasteiger partial charge in [0.15, 0.2) is 0 Å². The third-order valence-electron chi connectivity index (χ3n) is 4.29. The molecule has 0 atom stereocenters. The van der Waals surface area contributed by atoms with Crippen LogP contribution in [0, 0.1) is 6.92 Å². The normalized spacial score (nSPS) is 14.6. The van der Waals surface area contributed by atoms with Crippen LogP contribution in [0.25, 0.3) is 0 Å². The van der Waals surface area contributed by atoms with Crippen molar-refractivity contribution in [2.75, 3.05) is 37.7 Å². The summed E-state index contributed by atoms with van der Waals surface area (Å²) in [6.07, 6.45) is 0. The highest BCUT2D eigenvalue weighted by molar-refractivity contribution is 5.94. The number of ether oxygens (including phenoxy) is 1. The van der Waals surface area contributed by atoms with Crippen molar-refractivity contribution in [1.82, 2.24) is 4.90 Å². The molecule has 1 saturated heterocycles. The summed E-state index contributed by atoms with van der Waals surface area (Å²) in [5.41, 5.74) is 3.27. The van der Waals surface area contributed by atoms with E-state index >= 15 is 0 Å². The lowest BCUT2D eigenvalue weighted by Gasteiger charge is -2.30. The number of aryl methyl sites for hydroxylation is 1. The maximum atomic E-state index is 12.9. The number of nitrogens with zero attached hydrogens (tertiary/aromatic N) is 2. The molecule has 1 aliphatic rings. The monoisotopic (exact) mass is 360 g/mol. The lowest BCUT2D eigenvalue weighted by molar-refractivity contribution is -0.120. The summed E-state index contributed by atoms with van der Waals surface area (Å²) in [6, 6.07) is 18.3. The highest BCUT2D eigenvalue weighted by Gasteiger charge is 2.20. The fourth-order valence-corrected chi connectivity index (χ4v) is 2.85. The molecule has 25 heavy (non-hydrogen) atoms. The van der Waals surface area contributed by atoms with Gasteiger partial charge in [0, 0.05) is 18.8 Å². The zero-order chi connectivity index (χ0) is 16.8. The van der Waals surface area contributed by atoms with Gasteiger partial charge in [0.05, 0.1) is 26.3 Å². The molecule has 0 spiro atoms. The van der Waals surface area contributed by atoms with Gasteiger partial charge in [-0.1, -0.05) is 48.0 Å². The van der Waals surface area contributed by atoms with Crippen LogP contribution in [-0.2, 0) is 16.1 Å². The van der Waals surface area contributed by atoms with E-state index in [-0.39, 0.29) is 18.3 Å². The van der Waals surface area contributed by atoms with Gasteiger partial charge in [0.1, 0.15) is 0 Å². The molecule has 0 bridgehead atoms. The van der Waals surface area contributed by atoms with Crippen LogP contribution in [0.5, 0.6) is 0 Å². The van der Waals surface area contributed by atoms with Gasteiger partial charge >= 0.3 is 0 Å². The lowest BCUT2D eigenvalue weighted by Crippen LogP contribution is -2.44. The van der Waals surface area contributed by atoms with Crippen LogP contribution in [0.3, 0.4) is 0 Å². The Morgan fingerprint density at radius 2 is 1.68 bits per heavy atom. The number of amides is 1. The smallest absolute Gasteiger partial charge is 0.241 e. The van der Waals surface area contributed by atoms with Gasteiger partial charge in [0.25, 0.3) is 0 Å². The molecule has 0 aliphatic carbocycles. The molecular weight excluding hydrogens is 336 g/mol. The van der Waals surface area contributed by atoms with E-state index in [0.717, 1.165) is 24.3 Å². The summed E-state index contributed by atoms with van der Waals surface area (Å²) in [7, 11) is 0. The Bertz CT molecular complexity index is 655. The van der Waals surface area contributed by atoms with Crippen molar-refractivity contribution in [3.63, 3.8) is 0 Å². The fraction of sp³-hybridized carbons (Fsp3) is 0.350. The number of halogens is 1. The SMILES string of the molecule is Cc1ccc(N(Cc2ccccc2)C(=O)CN2CCOCC2)cc1.Cl. The summed E-state index contributed by atoms with van der Waals surface area (Å²) in [5.74, 6) is 0.129. The van der Waals surface area contributed by atoms with Gasteiger partial charge < -0.3 is 9.64 Å². The predicted molar refractivity (Wildman–Crippen MR) is 103 cm³/mol. The summed E-state index contributed by atoms with van der Waals surface area (Å²) < 4.78 is 5.37. The first-order chi connectivity index (χ1) is 11.7. The molecular formula is C20H25ClN2O2. The van der Waals surface area contributed by atoms with Gasteiger partial charge in [-0.3, -0.25) is 9.69 Å². The summed E-state index contributed by atoms with van der Waals surface area (Å²) in [6.45, 7) is 6.13. The van der Waals surface area contributed by atoms with E-state index in [0.29, 0.717) is 26.3 Å². The predicted octanol–water partition coefficient (Wildman–Crippen LogP) is 3.28. The average molecular weight is 361 g/mol. The fourth-order valence-electron chi connectivity index (χ4n) is 2.85. The second-order valence-electron chi connectivity index (χ2n) is 6.19. The molecule has 1 fully saturated rings. The summed E-state index contributed by atoms with van der Waals surface area (Å²) in [4.78, 5) is 17.0. The van der Waals surface area contributed by atoms with Crippen molar-refractivity contribution in [2.24, 2.45) is 0 Å². The van der Waals surface area contributed by atoms with Crippen LogP contribution in [0.1, 0.15) is 11.1 Å². The molecule has 2 aromatic carbocycles. The highest BCUT2D eigenvalue weighted by Crippen LogP contribution is 2.19. The minimum absolute atomic E-state index is 0. The first kappa shape index (κ1) is 19.4. The molecule has 0 radical (unpaired) electrons. The number of benzene rings is 2. The Kier molecular flexibility index (Phi) is 7.44. The van der Waals surface area contributed by atoms with E-state index in [4.69, 9.17) is 4.74 Å². The molecule has 0 N–H and O–H groups in total. The van der Waals surface area contributed by atoms with Crippen LogP contribution in [0.15, 0.2) is 54.6 Å². The van der Waals surface area contributed by atoms with Crippen LogP contribution in [0.4, 0.5) is 5.69 Å². The lowest BCUT2D eigenvalue weighted by atomic mass is 10.1. The quantitative estimate of drug-likeness (QED) is 0.820. The molecule has 1 amide bonds. The first-order valence-electron chi connectivity index (χ1n) is 8.43. The van der Waals surface area contributed by atoms with Crippen LogP contribution in [-0.4, -0.2) is 43.7 Å². The molecule has 4 nitrogen and oxygen atoms in total. The second kappa shape index (κ2) is 9.56. The van der Waals surface area contributed by atoms with Gasteiger partial charge in [0.2, 0.25) is 5.91 Å². The Morgan fingerprint density at radius 3 is 2.32 bits per heavy atom. The average Bonchev–Trinajstić information content (AvgIpc) is 2.62. The minimum Gasteiger partial charge on any atom is -0.379 e. The third kappa shape index (κ3) is 5.56. The van der Waals surface area contributed by atoms with E-state index in [1.165, 1.54) is 5.56 Å². The summed E-state index contributed by atoms with van der Waals surface area (Å²) in [5, 5.41) is 0.